The Balaban J connectivity index is 2.34. The Bertz CT molecular complexity index is 865. The number of anilines is 2. The molecular formula is C17H18N4O2. The van der Waals surface area contributed by atoms with Crippen LogP contribution in [0.4, 0.5) is 11.6 Å². The number of aliphatic hydroxyl groups is 1. The number of hydrogen-bond donors (Lipinski definition) is 3. The second-order valence-corrected chi connectivity index (χ2v) is 5.11. The van der Waals surface area contributed by atoms with Crippen molar-refractivity contribution in [2.45, 2.75) is 6.61 Å². The number of aromatic nitrogens is 2. The first kappa shape index (κ1) is 15.1. The third-order valence-corrected chi connectivity index (χ3v) is 3.65. The zero-order valence-electron chi connectivity index (χ0n) is 13.0. The molecule has 2 aromatic carbocycles. The summed E-state index contributed by atoms with van der Waals surface area (Å²) in [5.74, 6) is 1.10. The summed E-state index contributed by atoms with van der Waals surface area (Å²) in [7, 11) is 3.34. The summed E-state index contributed by atoms with van der Waals surface area (Å²) in [4.78, 5) is 9.03. The summed E-state index contributed by atoms with van der Waals surface area (Å²) in [6.07, 6.45) is 0. The number of methoxy groups -OCH3 is 1. The SMILES string of the molecule is CNc1nc(-c2cccc(N)c2)c2cc(CO)c(OC)cc2n1. The van der Waals surface area contributed by atoms with Crippen LogP contribution >= 0.6 is 0 Å². The molecule has 0 amide bonds. The zero-order valence-corrected chi connectivity index (χ0v) is 13.0. The number of benzene rings is 2. The molecular weight excluding hydrogens is 292 g/mol. The lowest BCUT2D eigenvalue weighted by atomic mass is 10.0. The van der Waals surface area contributed by atoms with Gasteiger partial charge in [-0.05, 0) is 18.2 Å². The molecule has 23 heavy (non-hydrogen) atoms. The van der Waals surface area contributed by atoms with Crippen LogP contribution in [0.25, 0.3) is 22.2 Å². The molecule has 6 heteroatoms. The molecule has 0 saturated heterocycles. The highest BCUT2D eigenvalue weighted by Gasteiger charge is 2.13. The van der Waals surface area contributed by atoms with Crippen molar-refractivity contribution in [3.63, 3.8) is 0 Å². The number of nitrogens with one attached hydrogen (secondary N) is 1. The van der Waals surface area contributed by atoms with Crippen molar-refractivity contribution in [1.82, 2.24) is 9.97 Å². The van der Waals surface area contributed by atoms with Crippen molar-refractivity contribution in [2.24, 2.45) is 0 Å². The van der Waals surface area contributed by atoms with Crippen LogP contribution in [0.2, 0.25) is 0 Å². The van der Waals surface area contributed by atoms with Crippen LogP contribution in [0, 0.1) is 0 Å². The van der Waals surface area contributed by atoms with Gasteiger partial charge in [0.15, 0.2) is 0 Å². The summed E-state index contributed by atoms with van der Waals surface area (Å²) in [5.41, 5.74) is 9.62. The van der Waals surface area contributed by atoms with Gasteiger partial charge < -0.3 is 20.9 Å². The summed E-state index contributed by atoms with van der Waals surface area (Å²) in [6, 6.07) is 11.2. The van der Waals surface area contributed by atoms with E-state index in [0.29, 0.717) is 22.9 Å². The molecule has 3 rings (SSSR count). The molecule has 3 aromatic rings. The van der Waals surface area contributed by atoms with E-state index >= 15 is 0 Å². The van der Waals surface area contributed by atoms with E-state index in [1.807, 2.05) is 30.3 Å². The quantitative estimate of drug-likeness (QED) is 0.641. The standard InChI is InChI=1S/C17H18N4O2/c1-19-17-20-14-8-15(23-2)11(9-22)7-13(14)16(21-17)10-4-3-5-12(18)6-10/h3-8,22H,9,18H2,1-2H3,(H,19,20,21). The van der Waals surface area contributed by atoms with E-state index in [1.165, 1.54) is 0 Å². The van der Waals surface area contributed by atoms with Crippen molar-refractivity contribution < 1.29 is 9.84 Å². The highest BCUT2D eigenvalue weighted by molar-refractivity contribution is 5.95. The fourth-order valence-electron chi connectivity index (χ4n) is 2.53. The number of fused-ring (bicyclic) bond motifs is 1. The van der Waals surface area contributed by atoms with Gasteiger partial charge in [0.05, 0.1) is 24.9 Å². The molecule has 0 saturated carbocycles. The Kier molecular flexibility index (Phi) is 3.99. The Morgan fingerprint density at radius 3 is 2.70 bits per heavy atom. The van der Waals surface area contributed by atoms with Crippen LogP contribution in [0.15, 0.2) is 36.4 Å². The van der Waals surface area contributed by atoms with Crippen LogP contribution in [0.3, 0.4) is 0 Å². The van der Waals surface area contributed by atoms with Crippen LogP contribution in [-0.2, 0) is 6.61 Å². The summed E-state index contributed by atoms with van der Waals surface area (Å²) in [5, 5.41) is 13.4. The van der Waals surface area contributed by atoms with Gasteiger partial charge in [-0.15, -0.1) is 0 Å². The van der Waals surface area contributed by atoms with E-state index in [-0.39, 0.29) is 6.61 Å². The van der Waals surface area contributed by atoms with Crippen LogP contribution in [0.1, 0.15) is 5.56 Å². The Morgan fingerprint density at radius 2 is 2.04 bits per heavy atom. The van der Waals surface area contributed by atoms with Gasteiger partial charge in [0.25, 0.3) is 0 Å². The van der Waals surface area contributed by atoms with E-state index in [4.69, 9.17) is 10.5 Å². The molecule has 118 valence electrons. The van der Waals surface area contributed by atoms with Gasteiger partial charge in [-0.3, -0.25) is 0 Å². The molecule has 0 aliphatic carbocycles. The second-order valence-electron chi connectivity index (χ2n) is 5.11. The minimum absolute atomic E-state index is 0.122. The van der Waals surface area contributed by atoms with Crippen LogP contribution in [-0.4, -0.2) is 29.2 Å². The van der Waals surface area contributed by atoms with E-state index in [2.05, 4.69) is 15.3 Å². The predicted octanol–water partition coefficient (Wildman–Crippen LogP) is 2.42. The molecule has 0 fully saturated rings. The Hall–Kier alpha value is -2.86. The molecule has 0 spiro atoms. The maximum absolute atomic E-state index is 9.56. The summed E-state index contributed by atoms with van der Waals surface area (Å²) < 4.78 is 5.32. The Morgan fingerprint density at radius 1 is 1.22 bits per heavy atom. The smallest absolute Gasteiger partial charge is 0.223 e. The summed E-state index contributed by atoms with van der Waals surface area (Å²) in [6.45, 7) is -0.122. The first-order chi connectivity index (χ1) is 11.2. The second kappa shape index (κ2) is 6.10. The average molecular weight is 310 g/mol. The van der Waals surface area contributed by atoms with E-state index in [9.17, 15) is 5.11 Å². The largest absolute Gasteiger partial charge is 0.496 e. The lowest BCUT2D eigenvalue weighted by molar-refractivity contribution is 0.274. The average Bonchev–Trinajstić information content (AvgIpc) is 2.59. The van der Waals surface area contributed by atoms with Crippen LogP contribution in [0.5, 0.6) is 5.75 Å². The van der Waals surface area contributed by atoms with Gasteiger partial charge in [0.2, 0.25) is 5.95 Å². The van der Waals surface area contributed by atoms with Gasteiger partial charge >= 0.3 is 0 Å². The molecule has 0 atom stereocenters. The van der Waals surface area contributed by atoms with E-state index in [1.54, 1.807) is 20.2 Å². The maximum Gasteiger partial charge on any atom is 0.223 e. The van der Waals surface area contributed by atoms with E-state index < -0.39 is 0 Å². The number of ether oxygens (including phenoxy) is 1. The van der Waals surface area contributed by atoms with Gasteiger partial charge in [0.1, 0.15) is 5.75 Å². The molecule has 1 heterocycles. The number of rotatable bonds is 4. The normalized spacial score (nSPS) is 10.7. The maximum atomic E-state index is 9.56. The first-order valence-electron chi connectivity index (χ1n) is 7.19. The third-order valence-electron chi connectivity index (χ3n) is 3.65. The lowest BCUT2D eigenvalue weighted by Gasteiger charge is -2.12. The minimum Gasteiger partial charge on any atom is -0.496 e. The third kappa shape index (κ3) is 2.76. The van der Waals surface area contributed by atoms with Gasteiger partial charge in [-0.25, -0.2) is 9.97 Å². The highest BCUT2D eigenvalue weighted by atomic mass is 16.5. The summed E-state index contributed by atoms with van der Waals surface area (Å²) >= 11 is 0. The topological polar surface area (TPSA) is 93.3 Å². The predicted molar refractivity (Wildman–Crippen MR) is 91.4 cm³/mol. The van der Waals surface area contributed by atoms with Crippen LogP contribution < -0.4 is 15.8 Å². The minimum atomic E-state index is -0.122. The Labute approximate surface area is 134 Å². The first-order valence-corrected chi connectivity index (χ1v) is 7.19. The van der Waals surface area contributed by atoms with Crippen molar-refractivity contribution in [1.29, 1.82) is 0 Å². The van der Waals surface area contributed by atoms with Gasteiger partial charge in [0, 0.05) is 35.3 Å². The molecule has 6 nitrogen and oxygen atoms in total. The molecule has 0 unspecified atom stereocenters. The molecule has 0 aliphatic rings. The number of nitrogens with zero attached hydrogens (tertiary/aromatic N) is 2. The van der Waals surface area contributed by atoms with Crippen molar-refractivity contribution in [3.05, 3.63) is 42.0 Å². The molecule has 0 bridgehead atoms. The number of nitrogen functional groups attached to an aromatic ring is 1. The number of nitrogens with two attached hydrogens (primary N) is 1. The fourth-order valence-corrected chi connectivity index (χ4v) is 2.53. The lowest BCUT2D eigenvalue weighted by Crippen LogP contribution is -2.01. The zero-order chi connectivity index (χ0) is 16.4. The molecule has 0 aliphatic heterocycles. The molecule has 1 aromatic heterocycles. The highest BCUT2D eigenvalue weighted by Crippen LogP contribution is 2.32. The number of hydrogen-bond acceptors (Lipinski definition) is 6. The van der Waals surface area contributed by atoms with Crippen molar-refractivity contribution >= 4 is 22.5 Å². The molecule has 4 N–H and O–H groups in total. The number of aliphatic hydroxyl groups excluding tert-OH is 1. The van der Waals surface area contributed by atoms with Gasteiger partial charge in [-0.1, -0.05) is 12.1 Å². The van der Waals surface area contributed by atoms with Gasteiger partial charge in [-0.2, -0.15) is 0 Å². The molecule has 0 radical (unpaired) electrons. The van der Waals surface area contributed by atoms with E-state index in [0.717, 1.165) is 22.2 Å². The van der Waals surface area contributed by atoms with Crippen molar-refractivity contribution in [3.8, 4) is 17.0 Å². The fraction of sp³-hybridized carbons (Fsp3) is 0.176. The van der Waals surface area contributed by atoms with Crippen molar-refractivity contribution in [2.75, 3.05) is 25.2 Å². The monoisotopic (exact) mass is 310 g/mol.